The number of nitrogens with two attached hydrogens (primary N) is 1. The van der Waals surface area contributed by atoms with Crippen molar-refractivity contribution in [2.75, 3.05) is 25.9 Å². The number of likely N-dealkylation sites (tertiary alicyclic amines) is 1. The topological polar surface area (TPSA) is 56.3 Å². The zero-order valence-electron chi connectivity index (χ0n) is 17.6. The van der Waals surface area contributed by atoms with Gasteiger partial charge in [-0.05, 0) is 88.0 Å². The molecule has 0 spiro atoms. The molecule has 0 amide bonds. The van der Waals surface area contributed by atoms with Crippen molar-refractivity contribution < 1.29 is 4.74 Å². The van der Waals surface area contributed by atoms with Crippen LogP contribution in [-0.2, 0) is 13.2 Å². The van der Waals surface area contributed by atoms with Crippen LogP contribution in [-0.4, -0.2) is 34.6 Å². The molecule has 0 aliphatic carbocycles. The number of rotatable bonds is 7. The number of nitrogens with zero attached hydrogens (tertiary/aromatic N) is 3. The molecule has 3 aromatic rings. The molecule has 2 heterocycles. The lowest BCUT2D eigenvalue weighted by Crippen LogP contribution is -2.32. The highest BCUT2D eigenvalue weighted by atomic mass is 16.5. The molecule has 0 bridgehead atoms. The largest absolute Gasteiger partial charge is 0.486 e. The number of hydrogen-bond donors (Lipinski definition) is 1. The number of nitrogen functional groups attached to an aromatic ring is 1. The molecular formula is C24H32N4O. The first kappa shape index (κ1) is 19.8. The maximum atomic E-state index is 6.02. The molecule has 1 aliphatic heterocycles. The van der Waals surface area contributed by atoms with Crippen molar-refractivity contribution in [2.24, 2.45) is 5.92 Å². The Balaban J connectivity index is 1.48. The lowest BCUT2D eigenvalue weighted by atomic mass is 9.94. The van der Waals surface area contributed by atoms with Gasteiger partial charge in [0.2, 0.25) is 0 Å². The first-order valence-corrected chi connectivity index (χ1v) is 10.7. The summed E-state index contributed by atoms with van der Waals surface area (Å²) in [4.78, 5) is 7.40. The summed E-state index contributed by atoms with van der Waals surface area (Å²) < 4.78 is 8.38. The molecule has 1 aliphatic rings. The van der Waals surface area contributed by atoms with E-state index in [0.29, 0.717) is 6.61 Å². The van der Waals surface area contributed by atoms with Crippen molar-refractivity contribution >= 4 is 16.7 Å². The van der Waals surface area contributed by atoms with Crippen LogP contribution < -0.4 is 10.5 Å². The Labute approximate surface area is 173 Å². The standard InChI is InChI=1S/C24H32N4O/c1-18-6-3-9-22-24(18)26-23(17-29-21-12-10-20(25)11-13-21)28(22)15-5-8-19-7-4-14-27(2)16-19/h3,6,9-13,19H,4-5,7-8,14-17,25H2,1-2H3. The van der Waals surface area contributed by atoms with E-state index in [1.165, 1.54) is 49.9 Å². The molecule has 0 saturated carbocycles. The number of ether oxygens (including phenoxy) is 1. The van der Waals surface area contributed by atoms with Gasteiger partial charge in [-0.3, -0.25) is 0 Å². The van der Waals surface area contributed by atoms with E-state index in [-0.39, 0.29) is 0 Å². The van der Waals surface area contributed by atoms with Crippen molar-refractivity contribution in [1.29, 1.82) is 0 Å². The van der Waals surface area contributed by atoms with Gasteiger partial charge in [0, 0.05) is 18.8 Å². The predicted molar refractivity (Wildman–Crippen MR) is 119 cm³/mol. The van der Waals surface area contributed by atoms with Crippen LogP contribution in [0.5, 0.6) is 5.75 Å². The normalized spacial score (nSPS) is 17.7. The minimum atomic E-state index is 0.463. The van der Waals surface area contributed by atoms with Gasteiger partial charge in [-0.15, -0.1) is 0 Å². The van der Waals surface area contributed by atoms with Gasteiger partial charge in [-0.1, -0.05) is 12.1 Å². The molecule has 5 heteroatoms. The number of para-hydroxylation sites is 1. The van der Waals surface area contributed by atoms with Gasteiger partial charge in [0.05, 0.1) is 11.0 Å². The highest BCUT2D eigenvalue weighted by molar-refractivity contribution is 5.79. The summed E-state index contributed by atoms with van der Waals surface area (Å²) >= 11 is 0. The molecule has 1 atom stereocenters. The maximum Gasteiger partial charge on any atom is 0.148 e. The van der Waals surface area contributed by atoms with Gasteiger partial charge in [0.15, 0.2) is 0 Å². The Kier molecular flexibility index (Phi) is 6.05. The molecule has 29 heavy (non-hydrogen) atoms. The van der Waals surface area contributed by atoms with Crippen LogP contribution in [0.3, 0.4) is 0 Å². The minimum absolute atomic E-state index is 0.463. The summed E-state index contributed by atoms with van der Waals surface area (Å²) in [5, 5.41) is 0. The summed E-state index contributed by atoms with van der Waals surface area (Å²) in [5.41, 5.74) is 10.0. The zero-order chi connectivity index (χ0) is 20.2. The number of benzene rings is 2. The number of aryl methyl sites for hydroxylation is 2. The molecule has 1 aromatic heterocycles. The third-order valence-corrected chi connectivity index (χ3v) is 6.02. The highest BCUT2D eigenvalue weighted by Crippen LogP contribution is 2.24. The number of piperidine rings is 1. The lowest BCUT2D eigenvalue weighted by molar-refractivity contribution is 0.198. The quantitative estimate of drug-likeness (QED) is 0.596. The average molecular weight is 393 g/mol. The molecule has 1 unspecified atom stereocenters. The van der Waals surface area contributed by atoms with Crippen molar-refractivity contribution in [3.63, 3.8) is 0 Å². The zero-order valence-corrected chi connectivity index (χ0v) is 17.6. The number of fused-ring (bicyclic) bond motifs is 1. The van der Waals surface area contributed by atoms with Crippen LogP contribution in [0.4, 0.5) is 5.69 Å². The molecular weight excluding hydrogens is 360 g/mol. The van der Waals surface area contributed by atoms with Crippen molar-refractivity contribution in [1.82, 2.24) is 14.5 Å². The first-order valence-electron chi connectivity index (χ1n) is 10.7. The Morgan fingerprint density at radius 3 is 2.79 bits per heavy atom. The van der Waals surface area contributed by atoms with E-state index in [2.05, 4.69) is 41.6 Å². The number of imidazole rings is 1. The predicted octanol–water partition coefficient (Wildman–Crippen LogP) is 4.63. The summed E-state index contributed by atoms with van der Waals surface area (Å²) in [5.74, 6) is 2.63. The van der Waals surface area contributed by atoms with Crippen LogP contribution in [0.15, 0.2) is 42.5 Å². The third-order valence-electron chi connectivity index (χ3n) is 6.02. The summed E-state index contributed by atoms with van der Waals surface area (Å²) in [6.45, 7) is 6.05. The van der Waals surface area contributed by atoms with E-state index in [4.69, 9.17) is 15.5 Å². The van der Waals surface area contributed by atoms with Crippen molar-refractivity contribution in [2.45, 2.75) is 45.8 Å². The molecule has 5 nitrogen and oxygen atoms in total. The summed E-state index contributed by atoms with van der Waals surface area (Å²) in [6.07, 6.45) is 5.14. The van der Waals surface area contributed by atoms with E-state index >= 15 is 0 Å². The Morgan fingerprint density at radius 1 is 1.17 bits per heavy atom. The van der Waals surface area contributed by atoms with Gasteiger partial charge in [0.25, 0.3) is 0 Å². The number of aromatic nitrogens is 2. The van der Waals surface area contributed by atoms with Crippen LogP contribution in [0.2, 0.25) is 0 Å². The van der Waals surface area contributed by atoms with E-state index in [0.717, 1.165) is 35.2 Å². The smallest absolute Gasteiger partial charge is 0.148 e. The molecule has 1 saturated heterocycles. The fraction of sp³-hybridized carbons (Fsp3) is 0.458. The second-order valence-corrected chi connectivity index (χ2v) is 8.39. The SMILES string of the molecule is Cc1cccc2c1nc(COc1ccc(N)cc1)n2CCCC1CCCN(C)C1. The molecule has 154 valence electrons. The van der Waals surface area contributed by atoms with Crippen LogP contribution >= 0.6 is 0 Å². The van der Waals surface area contributed by atoms with E-state index < -0.39 is 0 Å². The van der Waals surface area contributed by atoms with Crippen molar-refractivity contribution in [3.05, 3.63) is 53.9 Å². The summed E-state index contributed by atoms with van der Waals surface area (Å²) in [7, 11) is 2.24. The molecule has 4 rings (SSSR count). The third kappa shape index (κ3) is 4.73. The number of hydrogen-bond acceptors (Lipinski definition) is 4. The van der Waals surface area contributed by atoms with E-state index in [1.807, 2.05) is 24.3 Å². The first-order chi connectivity index (χ1) is 14.1. The second-order valence-electron chi connectivity index (χ2n) is 8.39. The Bertz CT molecular complexity index is 947. The Hall–Kier alpha value is -2.53. The van der Waals surface area contributed by atoms with E-state index in [1.54, 1.807) is 0 Å². The van der Waals surface area contributed by atoms with E-state index in [9.17, 15) is 0 Å². The Morgan fingerprint density at radius 2 is 2.00 bits per heavy atom. The van der Waals surface area contributed by atoms with Gasteiger partial charge < -0.3 is 19.9 Å². The van der Waals surface area contributed by atoms with Crippen molar-refractivity contribution in [3.8, 4) is 5.75 Å². The molecule has 0 radical (unpaired) electrons. The second kappa shape index (κ2) is 8.87. The van der Waals surface area contributed by atoms with Gasteiger partial charge in [0.1, 0.15) is 18.2 Å². The van der Waals surface area contributed by atoms with Gasteiger partial charge in [-0.2, -0.15) is 0 Å². The van der Waals surface area contributed by atoms with Gasteiger partial charge in [-0.25, -0.2) is 4.98 Å². The van der Waals surface area contributed by atoms with Crippen LogP contribution in [0.25, 0.3) is 11.0 Å². The fourth-order valence-electron chi connectivity index (χ4n) is 4.45. The maximum absolute atomic E-state index is 6.02. The number of anilines is 1. The molecule has 1 fully saturated rings. The average Bonchev–Trinajstić information content (AvgIpc) is 3.07. The van der Waals surface area contributed by atoms with Gasteiger partial charge >= 0.3 is 0 Å². The molecule has 2 aromatic carbocycles. The summed E-state index contributed by atoms with van der Waals surface area (Å²) in [6, 6.07) is 14.0. The molecule has 2 N–H and O–H groups in total. The highest BCUT2D eigenvalue weighted by Gasteiger charge is 2.18. The monoisotopic (exact) mass is 392 g/mol. The van der Waals surface area contributed by atoms with Crippen LogP contribution in [0.1, 0.15) is 37.1 Å². The van der Waals surface area contributed by atoms with Crippen LogP contribution in [0, 0.1) is 12.8 Å². The minimum Gasteiger partial charge on any atom is -0.486 e. The lowest BCUT2D eigenvalue weighted by Gasteiger charge is -2.29. The fourth-order valence-corrected chi connectivity index (χ4v) is 4.45.